The van der Waals surface area contributed by atoms with Crippen LogP contribution in [-0.2, 0) is 26.0 Å². The van der Waals surface area contributed by atoms with Crippen LogP contribution >= 0.6 is 11.3 Å². The van der Waals surface area contributed by atoms with Gasteiger partial charge in [0.05, 0.1) is 13.0 Å². The molecule has 0 aromatic carbocycles. The molecule has 0 bridgehead atoms. The molecule has 1 fully saturated rings. The summed E-state index contributed by atoms with van der Waals surface area (Å²) in [5.74, 6) is -0.223. The van der Waals surface area contributed by atoms with Gasteiger partial charge >= 0.3 is 6.09 Å². The van der Waals surface area contributed by atoms with Crippen molar-refractivity contribution in [1.82, 2.24) is 14.9 Å². The number of carbonyl (C=O) groups excluding carboxylic acids is 2. The van der Waals surface area contributed by atoms with Gasteiger partial charge < -0.3 is 15.4 Å². The molecule has 0 saturated carbocycles. The van der Waals surface area contributed by atoms with Gasteiger partial charge in [0.2, 0.25) is 5.91 Å². The Morgan fingerprint density at radius 1 is 1.15 bits per heavy atom. The van der Waals surface area contributed by atoms with Gasteiger partial charge in [-0.3, -0.25) is 4.79 Å². The summed E-state index contributed by atoms with van der Waals surface area (Å²) >= 11 is 1.13. The minimum absolute atomic E-state index is 0.111. The molecule has 0 atom stereocenters. The molecule has 1 aliphatic heterocycles. The highest BCUT2D eigenvalue weighted by Crippen LogP contribution is 2.27. The zero-order chi connectivity index (χ0) is 19.0. The van der Waals surface area contributed by atoms with E-state index in [1.807, 2.05) is 0 Å². The molecule has 10 heteroatoms. The van der Waals surface area contributed by atoms with E-state index in [0.29, 0.717) is 24.6 Å². The summed E-state index contributed by atoms with van der Waals surface area (Å²) in [5, 5.41) is 5.18. The monoisotopic (exact) mass is 403 g/mol. The largest absolute Gasteiger partial charge is 0.450 e. The van der Waals surface area contributed by atoms with Gasteiger partial charge in [-0.2, -0.15) is 4.31 Å². The second kappa shape index (κ2) is 9.89. The topological polar surface area (TPSA) is 105 Å². The van der Waals surface area contributed by atoms with E-state index in [2.05, 4.69) is 10.6 Å². The third kappa shape index (κ3) is 5.96. The van der Waals surface area contributed by atoms with Gasteiger partial charge in [0.15, 0.2) is 0 Å². The fourth-order valence-electron chi connectivity index (χ4n) is 2.59. The molecule has 1 aromatic heterocycles. The Morgan fingerprint density at radius 3 is 2.54 bits per heavy atom. The third-order valence-electron chi connectivity index (χ3n) is 3.87. The van der Waals surface area contributed by atoms with E-state index in [4.69, 9.17) is 4.74 Å². The number of piperidine rings is 1. The maximum Gasteiger partial charge on any atom is 0.407 e. The zero-order valence-corrected chi connectivity index (χ0v) is 16.5. The van der Waals surface area contributed by atoms with Crippen LogP contribution in [0.2, 0.25) is 0 Å². The van der Waals surface area contributed by atoms with Crippen LogP contribution in [0.4, 0.5) is 4.79 Å². The molecule has 2 amide bonds. The molecule has 0 unspecified atom stereocenters. The van der Waals surface area contributed by atoms with Gasteiger partial charge in [0, 0.05) is 31.1 Å². The van der Waals surface area contributed by atoms with E-state index < -0.39 is 16.1 Å². The molecule has 2 N–H and O–H groups in total. The Labute approximate surface area is 158 Å². The summed E-state index contributed by atoms with van der Waals surface area (Å²) < 4.78 is 31.7. The molecule has 146 valence electrons. The van der Waals surface area contributed by atoms with Crippen molar-refractivity contribution in [2.75, 3.05) is 32.8 Å². The molecule has 2 heterocycles. The van der Waals surface area contributed by atoms with Gasteiger partial charge in [-0.1, -0.05) is 6.42 Å². The lowest BCUT2D eigenvalue weighted by molar-refractivity contribution is -0.120. The number of nitrogens with one attached hydrogen (secondary N) is 2. The average Bonchev–Trinajstić information content (AvgIpc) is 3.09. The van der Waals surface area contributed by atoms with E-state index in [0.717, 1.165) is 30.6 Å². The van der Waals surface area contributed by atoms with E-state index in [-0.39, 0.29) is 29.6 Å². The number of rotatable bonds is 8. The van der Waals surface area contributed by atoms with E-state index in [1.165, 1.54) is 4.31 Å². The van der Waals surface area contributed by atoms with Crippen molar-refractivity contribution in [2.24, 2.45) is 0 Å². The Balaban J connectivity index is 1.80. The van der Waals surface area contributed by atoms with Crippen LogP contribution in [0.1, 0.15) is 31.1 Å². The normalized spacial score (nSPS) is 15.4. The quantitative estimate of drug-likeness (QED) is 0.637. The highest BCUT2D eigenvalue weighted by atomic mass is 32.2. The first-order chi connectivity index (χ1) is 12.4. The highest BCUT2D eigenvalue weighted by molar-refractivity contribution is 7.91. The van der Waals surface area contributed by atoms with Crippen molar-refractivity contribution in [1.29, 1.82) is 0 Å². The molecule has 2 rings (SSSR count). The van der Waals surface area contributed by atoms with Crippen molar-refractivity contribution < 1.29 is 22.7 Å². The summed E-state index contributed by atoms with van der Waals surface area (Å²) in [6.45, 7) is 3.67. The molecule has 0 radical (unpaired) electrons. The summed E-state index contributed by atoms with van der Waals surface area (Å²) in [4.78, 5) is 23.7. The van der Waals surface area contributed by atoms with Gasteiger partial charge in [-0.25, -0.2) is 13.2 Å². The highest BCUT2D eigenvalue weighted by Gasteiger charge is 2.27. The molecule has 1 saturated heterocycles. The predicted molar refractivity (Wildman–Crippen MR) is 98.7 cm³/mol. The standard InChI is InChI=1S/C16H25N3O5S2/c1-2-24-16(21)18-9-8-17-14(20)12-13-6-7-15(25-13)26(22,23)19-10-4-3-5-11-19/h6-7H,2-5,8-12H2,1H3,(H,17,20)(H,18,21). The second-order valence-corrected chi connectivity index (χ2v) is 9.19. The Kier molecular flexibility index (Phi) is 7.85. The second-order valence-electron chi connectivity index (χ2n) is 5.86. The predicted octanol–water partition coefficient (Wildman–Crippen LogP) is 1.33. The summed E-state index contributed by atoms with van der Waals surface area (Å²) in [7, 11) is -3.45. The minimum atomic E-state index is -3.45. The Hall–Kier alpha value is -1.65. The molecule has 26 heavy (non-hydrogen) atoms. The average molecular weight is 404 g/mol. The van der Waals surface area contributed by atoms with Crippen molar-refractivity contribution in [3.05, 3.63) is 17.0 Å². The molecule has 8 nitrogen and oxygen atoms in total. The first-order valence-corrected chi connectivity index (χ1v) is 11.0. The van der Waals surface area contributed by atoms with E-state index >= 15 is 0 Å². The van der Waals surface area contributed by atoms with Crippen molar-refractivity contribution in [2.45, 2.75) is 36.8 Å². The van der Waals surface area contributed by atoms with Crippen LogP contribution in [0.15, 0.2) is 16.3 Å². The molecule has 0 aliphatic carbocycles. The lowest BCUT2D eigenvalue weighted by Crippen LogP contribution is -2.35. The summed E-state index contributed by atoms with van der Waals surface area (Å²) in [6, 6.07) is 3.25. The van der Waals surface area contributed by atoms with Crippen LogP contribution in [0.5, 0.6) is 0 Å². The van der Waals surface area contributed by atoms with Crippen molar-refractivity contribution in [3.8, 4) is 0 Å². The smallest absolute Gasteiger partial charge is 0.407 e. The first-order valence-electron chi connectivity index (χ1n) is 8.69. The number of thiophene rings is 1. The van der Waals surface area contributed by atoms with Crippen LogP contribution < -0.4 is 10.6 Å². The molecular weight excluding hydrogens is 378 g/mol. The fraction of sp³-hybridized carbons (Fsp3) is 0.625. The molecular formula is C16H25N3O5S2. The van der Waals surface area contributed by atoms with E-state index in [1.54, 1.807) is 19.1 Å². The Bertz CT molecular complexity index is 711. The van der Waals surface area contributed by atoms with Crippen LogP contribution in [0.25, 0.3) is 0 Å². The lowest BCUT2D eigenvalue weighted by atomic mass is 10.2. The minimum Gasteiger partial charge on any atom is -0.450 e. The SMILES string of the molecule is CCOC(=O)NCCNC(=O)Cc1ccc(S(=O)(=O)N2CCCCC2)s1. The molecule has 1 aliphatic rings. The first kappa shape index (κ1) is 20.7. The number of alkyl carbamates (subject to hydrolysis) is 1. The molecule has 0 spiro atoms. The zero-order valence-electron chi connectivity index (χ0n) is 14.8. The van der Waals surface area contributed by atoms with E-state index in [9.17, 15) is 18.0 Å². The van der Waals surface area contributed by atoms with Gasteiger partial charge in [-0.05, 0) is 31.9 Å². The summed E-state index contributed by atoms with van der Waals surface area (Å²) in [6.07, 6.45) is 2.43. The fourth-order valence-corrected chi connectivity index (χ4v) is 5.62. The number of amides is 2. The number of nitrogens with zero attached hydrogens (tertiary/aromatic N) is 1. The number of ether oxygens (including phenoxy) is 1. The molecule has 1 aromatic rings. The number of hydrogen-bond acceptors (Lipinski definition) is 6. The lowest BCUT2D eigenvalue weighted by Gasteiger charge is -2.25. The van der Waals surface area contributed by atoms with Crippen LogP contribution in [0, 0.1) is 0 Å². The van der Waals surface area contributed by atoms with Gasteiger partial charge in [0.1, 0.15) is 4.21 Å². The van der Waals surface area contributed by atoms with Crippen LogP contribution in [-0.4, -0.2) is 57.5 Å². The summed E-state index contributed by atoms with van der Waals surface area (Å²) in [5.41, 5.74) is 0. The number of sulfonamides is 1. The number of hydrogen-bond donors (Lipinski definition) is 2. The maximum atomic E-state index is 12.6. The van der Waals surface area contributed by atoms with Gasteiger partial charge in [-0.15, -0.1) is 11.3 Å². The number of carbonyl (C=O) groups is 2. The van der Waals surface area contributed by atoms with Crippen molar-refractivity contribution >= 4 is 33.4 Å². The third-order valence-corrected chi connectivity index (χ3v) is 7.32. The van der Waals surface area contributed by atoms with Crippen LogP contribution in [0.3, 0.4) is 0 Å². The van der Waals surface area contributed by atoms with Gasteiger partial charge in [0.25, 0.3) is 10.0 Å². The Morgan fingerprint density at radius 2 is 1.85 bits per heavy atom. The maximum absolute atomic E-state index is 12.6. The van der Waals surface area contributed by atoms with Crippen molar-refractivity contribution in [3.63, 3.8) is 0 Å².